The van der Waals surface area contributed by atoms with Gasteiger partial charge in [0.1, 0.15) is 0 Å². The minimum absolute atomic E-state index is 0.0240. The smallest absolute Gasteiger partial charge is 0.398 e. The Kier molecular flexibility index (Phi) is 4.43. The van der Waals surface area contributed by atoms with E-state index in [1.807, 2.05) is 0 Å². The van der Waals surface area contributed by atoms with Crippen molar-refractivity contribution in [2.75, 3.05) is 23.7 Å². The van der Waals surface area contributed by atoms with Gasteiger partial charge in [-0.05, 0) is 18.2 Å². The summed E-state index contributed by atoms with van der Waals surface area (Å²) in [6, 6.07) is 3.02. The van der Waals surface area contributed by atoms with Gasteiger partial charge < -0.3 is 22.1 Å². The molecule has 0 atom stereocenters. The molecule has 0 aliphatic carbocycles. The fourth-order valence-electron chi connectivity index (χ4n) is 1.60. The number of nitrogens with zero attached hydrogens (tertiary/aromatic N) is 1. The number of halogens is 3. The molecule has 0 heterocycles. The standard InChI is InChI=1S/C11H13F3N4O2/c12-11(13,14)7-3-6(1-2-8(7)15)18(4-9(16)19)5-10(17)20/h1-3H,4-5,15H2,(H2,16,19)(H2,17,20). The molecule has 9 heteroatoms. The number of hydrogen-bond acceptors (Lipinski definition) is 4. The van der Waals surface area contributed by atoms with E-state index in [-0.39, 0.29) is 5.69 Å². The molecule has 2 amide bonds. The molecular weight excluding hydrogens is 277 g/mol. The number of alkyl halides is 3. The zero-order valence-corrected chi connectivity index (χ0v) is 10.3. The van der Waals surface area contributed by atoms with Gasteiger partial charge in [0.15, 0.2) is 0 Å². The van der Waals surface area contributed by atoms with Crippen LogP contribution in [0.1, 0.15) is 5.56 Å². The molecule has 0 unspecified atom stereocenters. The van der Waals surface area contributed by atoms with Crippen LogP contribution in [-0.2, 0) is 15.8 Å². The van der Waals surface area contributed by atoms with Crippen LogP contribution in [0.25, 0.3) is 0 Å². The first-order chi connectivity index (χ1) is 9.11. The largest absolute Gasteiger partial charge is 0.418 e. The van der Waals surface area contributed by atoms with Gasteiger partial charge in [-0.2, -0.15) is 13.2 Å². The highest BCUT2D eigenvalue weighted by Gasteiger charge is 2.33. The molecule has 20 heavy (non-hydrogen) atoms. The molecule has 1 aromatic carbocycles. The maximum absolute atomic E-state index is 12.7. The van der Waals surface area contributed by atoms with E-state index in [9.17, 15) is 22.8 Å². The van der Waals surface area contributed by atoms with Crippen LogP contribution in [-0.4, -0.2) is 24.9 Å². The summed E-state index contributed by atoms with van der Waals surface area (Å²) < 4.78 is 38.2. The van der Waals surface area contributed by atoms with Crippen molar-refractivity contribution in [3.63, 3.8) is 0 Å². The summed E-state index contributed by atoms with van der Waals surface area (Å²) in [4.78, 5) is 22.8. The van der Waals surface area contributed by atoms with Crippen molar-refractivity contribution in [2.45, 2.75) is 6.18 Å². The predicted molar refractivity (Wildman–Crippen MR) is 66.5 cm³/mol. The van der Waals surface area contributed by atoms with Crippen molar-refractivity contribution in [3.05, 3.63) is 23.8 Å². The molecule has 0 saturated heterocycles. The summed E-state index contributed by atoms with van der Waals surface area (Å²) in [5.74, 6) is -1.62. The lowest BCUT2D eigenvalue weighted by Crippen LogP contribution is -2.39. The van der Waals surface area contributed by atoms with E-state index in [1.165, 1.54) is 6.07 Å². The molecule has 1 rings (SSSR count). The lowest BCUT2D eigenvalue weighted by molar-refractivity contribution is -0.136. The van der Waals surface area contributed by atoms with Gasteiger partial charge in [0.2, 0.25) is 11.8 Å². The Hall–Kier alpha value is -2.45. The fraction of sp³-hybridized carbons (Fsp3) is 0.273. The fourth-order valence-corrected chi connectivity index (χ4v) is 1.60. The summed E-state index contributed by atoms with van der Waals surface area (Å²) in [6.45, 7) is -0.881. The van der Waals surface area contributed by atoms with Crippen molar-refractivity contribution >= 4 is 23.2 Å². The number of nitrogen functional groups attached to an aromatic ring is 1. The van der Waals surface area contributed by atoms with Gasteiger partial charge in [-0.3, -0.25) is 9.59 Å². The Labute approximate surface area is 112 Å². The van der Waals surface area contributed by atoms with E-state index < -0.39 is 42.3 Å². The summed E-state index contributed by atoms with van der Waals surface area (Å²) in [7, 11) is 0. The number of carbonyl (C=O) groups is 2. The Morgan fingerprint density at radius 2 is 1.60 bits per heavy atom. The van der Waals surface area contributed by atoms with Crippen LogP contribution < -0.4 is 22.1 Å². The van der Waals surface area contributed by atoms with Crippen molar-refractivity contribution in [2.24, 2.45) is 11.5 Å². The highest BCUT2D eigenvalue weighted by atomic mass is 19.4. The number of nitrogens with two attached hydrogens (primary N) is 3. The second kappa shape index (κ2) is 5.68. The predicted octanol–water partition coefficient (Wildman–Crippen LogP) is 0.0646. The second-order valence-electron chi connectivity index (χ2n) is 4.06. The first-order valence-corrected chi connectivity index (χ1v) is 5.39. The van der Waals surface area contributed by atoms with Gasteiger partial charge in [-0.25, -0.2) is 0 Å². The average molecular weight is 290 g/mol. The third-order valence-corrected chi connectivity index (χ3v) is 2.40. The number of carbonyl (C=O) groups excluding carboxylic acids is 2. The first kappa shape index (κ1) is 15.6. The van der Waals surface area contributed by atoms with Gasteiger partial charge in [-0.15, -0.1) is 0 Å². The van der Waals surface area contributed by atoms with Crippen LogP contribution in [0, 0.1) is 0 Å². The first-order valence-electron chi connectivity index (χ1n) is 5.39. The Morgan fingerprint density at radius 3 is 2.00 bits per heavy atom. The third kappa shape index (κ3) is 4.04. The molecule has 6 N–H and O–H groups in total. The molecule has 0 fully saturated rings. The van der Waals surface area contributed by atoms with Crippen molar-refractivity contribution < 1.29 is 22.8 Å². The number of benzene rings is 1. The van der Waals surface area contributed by atoms with E-state index in [0.29, 0.717) is 0 Å². The number of primary amides is 2. The zero-order valence-electron chi connectivity index (χ0n) is 10.3. The summed E-state index contributed by atoms with van der Waals surface area (Å²) in [5, 5.41) is 0. The molecule has 110 valence electrons. The van der Waals surface area contributed by atoms with Crippen LogP contribution >= 0.6 is 0 Å². The van der Waals surface area contributed by atoms with Gasteiger partial charge in [0.25, 0.3) is 0 Å². The van der Waals surface area contributed by atoms with E-state index >= 15 is 0 Å². The summed E-state index contributed by atoms with van der Waals surface area (Å²) >= 11 is 0. The van der Waals surface area contributed by atoms with Crippen molar-refractivity contribution in [1.29, 1.82) is 0 Å². The summed E-state index contributed by atoms with van der Waals surface area (Å²) in [5.41, 5.74) is 13.7. The van der Waals surface area contributed by atoms with Crippen molar-refractivity contribution in [3.8, 4) is 0 Å². The third-order valence-electron chi connectivity index (χ3n) is 2.40. The molecule has 0 aromatic heterocycles. The lowest BCUT2D eigenvalue weighted by Gasteiger charge is -2.23. The molecule has 0 aliphatic heterocycles. The molecule has 1 aromatic rings. The highest BCUT2D eigenvalue weighted by Crippen LogP contribution is 2.35. The van der Waals surface area contributed by atoms with Crippen LogP contribution in [0.5, 0.6) is 0 Å². The topological polar surface area (TPSA) is 115 Å². The monoisotopic (exact) mass is 290 g/mol. The number of hydrogen-bond donors (Lipinski definition) is 3. The van der Waals surface area contributed by atoms with E-state index in [4.69, 9.17) is 17.2 Å². The van der Waals surface area contributed by atoms with Gasteiger partial charge in [0, 0.05) is 11.4 Å². The van der Waals surface area contributed by atoms with Gasteiger partial charge >= 0.3 is 6.18 Å². The summed E-state index contributed by atoms with van der Waals surface area (Å²) in [6.07, 6.45) is -4.65. The zero-order chi connectivity index (χ0) is 15.5. The Morgan fingerprint density at radius 1 is 1.10 bits per heavy atom. The molecule has 0 radical (unpaired) electrons. The van der Waals surface area contributed by atoms with Crippen LogP contribution in [0.15, 0.2) is 18.2 Å². The minimum atomic E-state index is -4.65. The quantitative estimate of drug-likeness (QED) is 0.665. The van der Waals surface area contributed by atoms with E-state index in [1.54, 1.807) is 0 Å². The normalized spacial score (nSPS) is 11.2. The maximum atomic E-state index is 12.7. The van der Waals surface area contributed by atoms with Crippen LogP contribution in [0.2, 0.25) is 0 Å². The van der Waals surface area contributed by atoms with E-state index in [0.717, 1.165) is 17.0 Å². The van der Waals surface area contributed by atoms with Crippen LogP contribution in [0.4, 0.5) is 24.5 Å². The SMILES string of the molecule is NC(=O)CN(CC(N)=O)c1ccc(N)c(C(F)(F)F)c1. The number of rotatable bonds is 5. The molecule has 0 spiro atoms. The van der Waals surface area contributed by atoms with Gasteiger partial charge in [-0.1, -0.05) is 0 Å². The Bertz CT molecular complexity index is 515. The second-order valence-corrected chi connectivity index (χ2v) is 4.06. The minimum Gasteiger partial charge on any atom is -0.398 e. The number of amides is 2. The Balaban J connectivity index is 3.20. The van der Waals surface area contributed by atoms with E-state index in [2.05, 4.69) is 0 Å². The molecule has 0 saturated carbocycles. The van der Waals surface area contributed by atoms with Gasteiger partial charge in [0.05, 0.1) is 18.7 Å². The molecule has 0 bridgehead atoms. The molecule has 6 nitrogen and oxygen atoms in total. The van der Waals surface area contributed by atoms with Crippen LogP contribution in [0.3, 0.4) is 0 Å². The average Bonchev–Trinajstić information content (AvgIpc) is 2.25. The highest BCUT2D eigenvalue weighted by molar-refractivity contribution is 5.85. The molecule has 0 aliphatic rings. The van der Waals surface area contributed by atoms with Crippen molar-refractivity contribution in [1.82, 2.24) is 0 Å². The lowest BCUT2D eigenvalue weighted by atomic mass is 10.1. The maximum Gasteiger partial charge on any atom is 0.418 e. The number of anilines is 2. The molecular formula is C11H13F3N4O2.